The minimum Gasteiger partial charge on any atom is -0.338 e. The first-order valence-electron chi connectivity index (χ1n) is 5.11. The number of hydrogen-bond acceptors (Lipinski definition) is 6. The predicted octanol–water partition coefficient (Wildman–Crippen LogP) is 1.14. The number of benzene rings is 1. The molecule has 2 N–H and O–H groups in total. The highest BCUT2D eigenvalue weighted by molar-refractivity contribution is 5.93. The molecule has 0 bridgehead atoms. The summed E-state index contributed by atoms with van der Waals surface area (Å²) in [6, 6.07) is 5.78. The first kappa shape index (κ1) is 9.86. The first-order chi connectivity index (χ1) is 8.38. The van der Waals surface area contributed by atoms with Crippen molar-refractivity contribution >= 4 is 10.8 Å². The van der Waals surface area contributed by atoms with Crippen LogP contribution in [0.4, 0.5) is 0 Å². The van der Waals surface area contributed by atoms with Crippen LogP contribution in [0, 0.1) is 0 Å². The summed E-state index contributed by atoms with van der Waals surface area (Å²) in [5.41, 5.74) is 6.30. The fraction of sp³-hybridized carbons (Fsp3) is 0.0909. The van der Waals surface area contributed by atoms with Crippen LogP contribution in [0.1, 0.15) is 5.89 Å². The Labute approximate surface area is 96.5 Å². The Morgan fingerprint density at radius 3 is 2.88 bits per heavy atom. The molecule has 0 aliphatic carbocycles. The molecular weight excluding hydrogens is 218 g/mol. The molecule has 6 heteroatoms. The molecule has 2 heterocycles. The van der Waals surface area contributed by atoms with E-state index in [-0.39, 0.29) is 6.54 Å². The minimum absolute atomic E-state index is 0.234. The van der Waals surface area contributed by atoms with E-state index in [0.717, 1.165) is 16.3 Å². The van der Waals surface area contributed by atoms with E-state index in [2.05, 4.69) is 20.3 Å². The normalized spacial score (nSPS) is 10.9. The van der Waals surface area contributed by atoms with Gasteiger partial charge >= 0.3 is 0 Å². The van der Waals surface area contributed by atoms with Gasteiger partial charge < -0.3 is 10.3 Å². The number of hydrogen-bond donors (Lipinski definition) is 1. The SMILES string of the molecule is NCc1nc(-c2cccc3cnncc23)no1. The quantitative estimate of drug-likeness (QED) is 0.705. The number of nitrogens with two attached hydrogens (primary N) is 1. The van der Waals surface area contributed by atoms with Crippen LogP contribution in [-0.4, -0.2) is 20.3 Å². The van der Waals surface area contributed by atoms with Crippen LogP contribution in [0.25, 0.3) is 22.2 Å². The molecule has 0 aliphatic rings. The first-order valence-corrected chi connectivity index (χ1v) is 5.11. The van der Waals surface area contributed by atoms with E-state index in [1.54, 1.807) is 12.4 Å². The van der Waals surface area contributed by atoms with Crippen LogP contribution in [0.15, 0.2) is 35.1 Å². The summed E-state index contributed by atoms with van der Waals surface area (Å²) in [5.74, 6) is 0.933. The van der Waals surface area contributed by atoms with Crippen molar-refractivity contribution in [3.63, 3.8) is 0 Å². The van der Waals surface area contributed by atoms with Crippen molar-refractivity contribution in [1.29, 1.82) is 0 Å². The Hall–Kier alpha value is -2.34. The second-order valence-electron chi connectivity index (χ2n) is 3.51. The van der Waals surface area contributed by atoms with Gasteiger partial charge in [-0.05, 0) is 0 Å². The Bertz CT molecular complexity index is 658. The van der Waals surface area contributed by atoms with Gasteiger partial charge in [-0.15, -0.1) is 0 Å². The van der Waals surface area contributed by atoms with Crippen LogP contribution < -0.4 is 5.73 Å². The standard InChI is InChI=1S/C11H9N5O/c12-4-10-15-11(16-17-10)8-3-1-2-7-5-13-14-6-9(7)8/h1-3,5-6H,4,12H2. The molecular formula is C11H9N5O. The van der Waals surface area contributed by atoms with E-state index < -0.39 is 0 Å². The molecule has 1 aromatic carbocycles. The third kappa shape index (κ3) is 1.64. The van der Waals surface area contributed by atoms with Gasteiger partial charge in [0, 0.05) is 16.3 Å². The average Bonchev–Trinajstić information content (AvgIpc) is 2.87. The van der Waals surface area contributed by atoms with Crippen LogP contribution in [0.2, 0.25) is 0 Å². The number of nitrogens with zero attached hydrogens (tertiary/aromatic N) is 4. The van der Waals surface area contributed by atoms with Crippen LogP contribution >= 0.6 is 0 Å². The lowest BCUT2D eigenvalue weighted by Gasteiger charge is -2.00. The number of rotatable bonds is 2. The highest BCUT2D eigenvalue weighted by Crippen LogP contribution is 2.25. The van der Waals surface area contributed by atoms with E-state index in [1.807, 2.05) is 18.2 Å². The van der Waals surface area contributed by atoms with Gasteiger partial charge in [0.1, 0.15) is 0 Å². The molecule has 2 aromatic heterocycles. The topological polar surface area (TPSA) is 90.7 Å². The zero-order valence-electron chi connectivity index (χ0n) is 8.87. The zero-order valence-corrected chi connectivity index (χ0v) is 8.87. The summed E-state index contributed by atoms with van der Waals surface area (Å²) in [6.07, 6.45) is 3.38. The average molecular weight is 227 g/mol. The molecule has 17 heavy (non-hydrogen) atoms. The lowest BCUT2D eigenvalue weighted by Crippen LogP contribution is -1.95. The van der Waals surface area contributed by atoms with Gasteiger partial charge in [-0.3, -0.25) is 0 Å². The van der Waals surface area contributed by atoms with Crippen molar-refractivity contribution < 1.29 is 4.52 Å². The Kier molecular flexibility index (Phi) is 2.27. The molecule has 0 spiro atoms. The molecule has 0 saturated carbocycles. The zero-order chi connectivity index (χ0) is 11.7. The fourth-order valence-electron chi connectivity index (χ4n) is 1.67. The van der Waals surface area contributed by atoms with Crippen molar-refractivity contribution in [2.45, 2.75) is 6.54 Å². The van der Waals surface area contributed by atoms with E-state index in [1.165, 1.54) is 0 Å². The summed E-state index contributed by atoms with van der Waals surface area (Å²) < 4.78 is 4.99. The molecule has 84 valence electrons. The van der Waals surface area contributed by atoms with E-state index in [0.29, 0.717) is 11.7 Å². The summed E-state index contributed by atoms with van der Waals surface area (Å²) in [5, 5.41) is 13.5. The van der Waals surface area contributed by atoms with Gasteiger partial charge in [0.25, 0.3) is 0 Å². The predicted molar refractivity (Wildman–Crippen MR) is 60.7 cm³/mol. The summed E-state index contributed by atoms with van der Waals surface area (Å²) in [6.45, 7) is 0.234. The molecule has 0 radical (unpaired) electrons. The summed E-state index contributed by atoms with van der Waals surface area (Å²) in [4.78, 5) is 4.20. The molecule has 6 nitrogen and oxygen atoms in total. The maximum Gasteiger partial charge on any atom is 0.240 e. The molecule has 3 rings (SSSR count). The van der Waals surface area contributed by atoms with Gasteiger partial charge in [0.15, 0.2) is 0 Å². The monoisotopic (exact) mass is 227 g/mol. The van der Waals surface area contributed by atoms with E-state index >= 15 is 0 Å². The molecule has 0 atom stereocenters. The van der Waals surface area contributed by atoms with Gasteiger partial charge in [0.05, 0.1) is 18.9 Å². The summed E-state index contributed by atoms with van der Waals surface area (Å²) in [7, 11) is 0. The number of aromatic nitrogens is 4. The molecule has 0 saturated heterocycles. The minimum atomic E-state index is 0.234. The van der Waals surface area contributed by atoms with Gasteiger partial charge in [-0.2, -0.15) is 15.2 Å². The smallest absolute Gasteiger partial charge is 0.240 e. The van der Waals surface area contributed by atoms with Crippen LogP contribution in [0.3, 0.4) is 0 Å². The lowest BCUT2D eigenvalue weighted by molar-refractivity contribution is 0.380. The van der Waals surface area contributed by atoms with Gasteiger partial charge in [0.2, 0.25) is 11.7 Å². The highest BCUT2D eigenvalue weighted by atomic mass is 16.5. The fourth-order valence-corrected chi connectivity index (χ4v) is 1.67. The Morgan fingerprint density at radius 1 is 1.18 bits per heavy atom. The van der Waals surface area contributed by atoms with Crippen molar-refractivity contribution in [2.75, 3.05) is 0 Å². The third-order valence-electron chi connectivity index (χ3n) is 2.47. The largest absolute Gasteiger partial charge is 0.338 e. The highest BCUT2D eigenvalue weighted by Gasteiger charge is 2.10. The molecule has 0 amide bonds. The summed E-state index contributed by atoms with van der Waals surface area (Å²) >= 11 is 0. The van der Waals surface area contributed by atoms with Gasteiger partial charge in [-0.1, -0.05) is 23.4 Å². The Balaban J connectivity index is 2.23. The van der Waals surface area contributed by atoms with Crippen molar-refractivity contribution in [2.24, 2.45) is 5.73 Å². The Morgan fingerprint density at radius 2 is 2.06 bits per heavy atom. The van der Waals surface area contributed by atoms with E-state index in [4.69, 9.17) is 10.3 Å². The van der Waals surface area contributed by atoms with Crippen molar-refractivity contribution in [3.05, 3.63) is 36.5 Å². The lowest BCUT2D eigenvalue weighted by atomic mass is 10.1. The molecule has 0 aliphatic heterocycles. The number of fused-ring (bicyclic) bond motifs is 1. The van der Waals surface area contributed by atoms with Gasteiger partial charge in [-0.25, -0.2) is 0 Å². The van der Waals surface area contributed by atoms with Crippen LogP contribution in [0.5, 0.6) is 0 Å². The van der Waals surface area contributed by atoms with Crippen molar-refractivity contribution in [1.82, 2.24) is 20.3 Å². The van der Waals surface area contributed by atoms with Crippen molar-refractivity contribution in [3.8, 4) is 11.4 Å². The van der Waals surface area contributed by atoms with Crippen LogP contribution in [-0.2, 0) is 6.54 Å². The molecule has 0 unspecified atom stereocenters. The second-order valence-corrected chi connectivity index (χ2v) is 3.51. The molecule has 3 aromatic rings. The third-order valence-corrected chi connectivity index (χ3v) is 2.47. The maximum atomic E-state index is 5.44. The molecule has 0 fully saturated rings. The van der Waals surface area contributed by atoms with E-state index in [9.17, 15) is 0 Å². The second kappa shape index (κ2) is 3.91. The maximum absolute atomic E-state index is 5.44.